The Morgan fingerprint density at radius 2 is 1.78 bits per heavy atom. The molecule has 192 valence electrons. The highest BCUT2D eigenvalue weighted by atomic mass is 16.5. The number of ether oxygens (including phenoxy) is 2. The summed E-state index contributed by atoms with van der Waals surface area (Å²) in [6.07, 6.45) is 2.92. The third-order valence-corrected chi connectivity index (χ3v) is 5.78. The van der Waals surface area contributed by atoms with Crippen LogP contribution in [0.5, 0.6) is 17.2 Å². The van der Waals surface area contributed by atoms with Gasteiger partial charge in [0.15, 0.2) is 0 Å². The first-order valence-corrected chi connectivity index (χ1v) is 12.2. The van der Waals surface area contributed by atoms with Gasteiger partial charge < -0.3 is 30.1 Å². The minimum Gasteiger partial charge on any atom is -0.508 e. The van der Waals surface area contributed by atoms with Crippen molar-refractivity contribution in [3.05, 3.63) is 89.0 Å². The van der Waals surface area contributed by atoms with Crippen LogP contribution in [0, 0.1) is 0 Å². The molecule has 0 radical (unpaired) electrons. The van der Waals surface area contributed by atoms with Gasteiger partial charge in [0.25, 0.3) is 0 Å². The molecule has 1 atom stereocenters. The van der Waals surface area contributed by atoms with Crippen LogP contribution in [-0.2, 0) is 24.2 Å². The van der Waals surface area contributed by atoms with Crippen LogP contribution in [0.3, 0.4) is 0 Å². The highest BCUT2D eigenvalue weighted by Gasteiger charge is 2.12. The first-order valence-electron chi connectivity index (χ1n) is 12.2. The van der Waals surface area contributed by atoms with Crippen molar-refractivity contribution >= 4 is 5.97 Å². The maximum atomic E-state index is 11.2. The number of hydrogen-bond acceptors (Lipinski definition) is 7. The smallest absolute Gasteiger partial charge is 0.308 e. The zero-order valence-corrected chi connectivity index (χ0v) is 20.7. The van der Waals surface area contributed by atoms with Gasteiger partial charge in [-0.15, -0.1) is 0 Å². The van der Waals surface area contributed by atoms with Gasteiger partial charge in [-0.25, -0.2) is 0 Å². The Bertz CT molecular complexity index is 1100. The molecule has 0 fully saturated rings. The SMILES string of the molecule is CC(=O)Oc1ccc([C@@H](O)CNCCc2ccc(OCCCCc3cccc(O)c3)cc2)cc1CO. The normalized spacial score (nSPS) is 11.8. The molecule has 0 aliphatic rings. The van der Waals surface area contributed by atoms with Crippen LogP contribution in [-0.4, -0.2) is 41.0 Å². The Morgan fingerprint density at radius 1 is 0.972 bits per heavy atom. The van der Waals surface area contributed by atoms with E-state index in [2.05, 4.69) is 5.32 Å². The molecule has 0 unspecified atom stereocenters. The maximum Gasteiger partial charge on any atom is 0.308 e. The summed E-state index contributed by atoms with van der Waals surface area (Å²) < 4.78 is 10.9. The van der Waals surface area contributed by atoms with Crippen LogP contribution >= 0.6 is 0 Å². The van der Waals surface area contributed by atoms with Crippen molar-refractivity contribution in [2.45, 2.75) is 45.3 Å². The average Bonchev–Trinajstić information content (AvgIpc) is 2.87. The van der Waals surface area contributed by atoms with E-state index in [0.717, 1.165) is 37.0 Å². The minimum absolute atomic E-state index is 0.282. The zero-order chi connectivity index (χ0) is 25.8. The number of rotatable bonds is 14. The summed E-state index contributed by atoms with van der Waals surface area (Å²) in [7, 11) is 0. The lowest BCUT2D eigenvalue weighted by atomic mass is 10.0. The van der Waals surface area contributed by atoms with E-state index >= 15 is 0 Å². The fraction of sp³-hybridized carbons (Fsp3) is 0.345. The monoisotopic (exact) mass is 493 g/mol. The number of unbranched alkanes of at least 4 members (excludes halogenated alkanes) is 1. The van der Waals surface area contributed by atoms with Crippen LogP contribution < -0.4 is 14.8 Å². The van der Waals surface area contributed by atoms with E-state index in [-0.39, 0.29) is 6.61 Å². The first kappa shape index (κ1) is 27.2. The van der Waals surface area contributed by atoms with Gasteiger partial charge >= 0.3 is 5.97 Å². The molecule has 3 rings (SSSR count). The molecule has 3 aromatic carbocycles. The maximum absolute atomic E-state index is 11.2. The number of phenols is 1. The number of aliphatic hydroxyl groups excluding tert-OH is 2. The standard InChI is InChI=1S/C29H35NO6/c1-21(32)36-29-13-10-24(18-25(29)20-31)28(34)19-30-15-14-22-8-11-27(12-9-22)35-16-3-2-5-23-6-4-7-26(33)17-23/h4,6-13,17-18,28,30-31,33-34H,2-3,5,14-16,19-20H2,1H3/t28-/m0/s1. The van der Waals surface area contributed by atoms with E-state index in [1.54, 1.807) is 30.3 Å². The molecule has 0 aromatic heterocycles. The molecule has 7 heteroatoms. The zero-order valence-electron chi connectivity index (χ0n) is 20.7. The molecular formula is C29H35NO6. The van der Waals surface area contributed by atoms with Gasteiger partial charge in [0, 0.05) is 19.0 Å². The van der Waals surface area contributed by atoms with Gasteiger partial charge in [-0.3, -0.25) is 4.79 Å². The summed E-state index contributed by atoms with van der Waals surface area (Å²) >= 11 is 0. The molecule has 0 saturated carbocycles. The number of aryl methyl sites for hydroxylation is 1. The van der Waals surface area contributed by atoms with Crippen molar-refractivity contribution in [3.63, 3.8) is 0 Å². The molecule has 36 heavy (non-hydrogen) atoms. The molecule has 0 bridgehead atoms. The van der Waals surface area contributed by atoms with E-state index in [1.807, 2.05) is 36.4 Å². The second-order valence-corrected chi connectivity index (χ2v) is 8.71. The van der Waals surface area contributed by atoms with Crippen molar-refractivity contribution in [2.24, 2.45) is 0 Å². The highest BCUT2D eigenvalue weighted by Crippen LogP contribution is 2.24. The number of benzene rings is 3. The molecule has 3 aromatic rings. The predicted octanol–water partition coefficient (Wildman–Crippen LogP) is 4.08. The second-order valence-electron chi connectivity index (χ2n) is 8.71. The summed E-state index contributed by atoms with van der Waals surface area (Å²) in [6, 6.07) is 20.3. The summed E-state index contributed by atoms with van der Waals surface area (Å²) in [4.78, 5) is 11.2. The molecule has 0 spiro atoms. The minimum atomic E-state index is -0.745. The first-order chi connectivity index (χ1) is 17.4. The second kappa shape index (κ2) is 14.2. The number of esters is 1. The van der Waals surface area contributed by atoms with Crippen LogP contribution in [0.15, 0.2) is 66.7 Å². The Kier molecular flexibility index (Phi) is 10.8. The number of aromatic hydroxyl groups is 1. The van der Waals surface area contributed by atoms with E-state index in [9.17, 15) is 20.1 Å². The van der Waals surface area contributed by atoms with E-state index in [1.165, 1.54) is 12.5 Å². The van der Waals surface area contributed by atoms with Crippen LogP contribution in [0.25, 0.3) is 0 Å². The molecule has 4 N–H and O–H groups in total. The van der Waals surface area contributed by atoms with Crippen LogP contribution in [0.4, 0.5) is 0 Å². The van der Waals surface area contributed by atoms with Gasteiger partial charge in [0.2, 0.25) is 0 Å². The number of phenolic OH excluding ortho intramolecular Hbond substituents is 1. The quantitative estimate of drug-likeness (QED) is 0.152. The van der Waals surface area contributed by atoms with E-state index in [4.69, 9.17) is 9.47 Å². The Hall–Kier alpha value is -3.39. The largest absolute Gasteiger partial charge is 0.508 e. The Morgan fingerprint density at radius 3 is 2.50 bits per heavy atom. The van der Waals surface area contributed by atoms with Crippen molar-refractivity contribution < 1.29 is 29.6 Å². The highest BCUT2D eigenvalue weighted by molar-refractivity contribution is 5.69. The van der Waals surface area contributed by atoms with Crippen LogP contribution in [0.1, 0.15) is 48.1 Å². The van der Waals surface area contributed by atoms with Gasteiger partial charge in [0.1, 0.15) is 17.2 Å². The fourth-order valence-corrected chi connectivity index (χ4v) is 3.86. The summed E-state index contributed by atoms with van der Waals surface area (Å²) in [5, 5.41) is 32.7. The summed E-state index contributed by atoms with van der Waals surface area (Å²) in [5.74, 6) is 0.992. The predicted molar refractivity (Wildman–Crippen MR) is 138 cm³/mol. The third-order valence-electron chi connectivity index (χ3n) is 5.78. The lowest BCUT2D eigenvalue weighted by molar-refractivity contribution is -0.131. The fourth-order valence-electron chi connectivity index (χ4n) is 3.86. The average molecular weight is 494 g/mol. The lowest BCUT2D eigenvalue weighted by Crippen LogP contribution is -2.23. The molecule has 0 heterocycles. The van der Waals surface area contributed by atoms with E-state index < -0.39 is 12.1 Å². The van der Waals surface area contributed by atoms with Crippen molar-refractivity contribution in [1.82, 2.24) is 5.32 Å². The van der Waals surface area contributed by atoms with E-state index in [0.29, 0.717) is 42.3 Å². The summed E-state index contributed by atoms with van der Waals surface area (Å²) in [6.45, 7) is 2.73. The van der Waals surface area contributed by atoms with Crippen molar-refractivity contribution in [2.75, 3.05) is 19.7 Å². The van der Waals surface area contributed by atoms with Crippen molar-refractivity contribution in [1.29, 1.82) is 0 Å². The lowest BCUT2D eigenvalue weighted by Gasteiger charge is -2.15. The van der Waals surface area contributed by atoms with Gasteiger partial charge in [-0.1, -0.05) is 30.3 Å². The molecule has 0 amide bonds. The number of nitrogens with one attached hydrogen (secondary N) is 1. The van der Waals surface area contributed by atoms with Gasteiger partial charge in [0.05, 0.1) is 19.3 Å². The van der Waals surface area contributed by atoms with Gasteiger partial charge in [-0.2, -0.15) is 0 Å². The van der Waals surface area contributed by atoms with Gasteiger partial charge in [-0.05, 0) is 85.3 Å². The molecule has 7 nitrogen and oxygen atoms in total. The number of carbonyl (C=O) groups is 1. The number of carbonyl (C=O) groups excluding carboxylic acids is 1. The topological polar surface area (TPSA) is 108 Å². The molecule has 0 aliphatic carbocycles. The molecular weight excluding hydrogens is 458 g/mol. The van der Waals surface area contributed by atoms with Crippen LogP contribution in [0.2, 0.25) is 0 Å². The van der Waals surface area contributed by atoms with Crippen molar-refractivity contribution in [3.8, 4) is 17.2 Å². The molecule has 0 aliphatic heterocycles. The Balaban J connectivity index is 1.33. The summed E-state index contributed by atoms with van der Waals surface area (Å²) in [5.41, 5.74) is 3.40. The third kappa shape index (κ3) is 9.00. The number of aliphatic hydroxyl groups is 2. The molecule has 0 saturated heterocycles. The number of hydrogen-bond donors (Lipinski definition) is 4. The Labute approximate surface area is 212 Å².